The van der Waals surface area contributed by atoms with Crippen LogP contribution in [-0.4, -0.2) is 29.8 Å². The van der Waals surface area contributed by atoms with Gasteiger partial charge >= 0.3 is 12.0 Å². The zero-order valence-corrected chi connectivity index (χ0v) is 16.0. The largest absolute Gasteiger partial charge is 0.468 e. The molecule has 2 atom stereocenters. The van der Waals surface area contributed by atoms with E-state index in [2.05, 4.69) is 5.10 Å². The minimum Gasteiger partial charge on any atom is -0.468 e. The number of nitrogens with zero attached hydrogens (tertiary/aromatic N) is 2. The molecular formula is C20H20ClN3O3. The summed E-state index contributed by atoms with van der Waals surface area (Å²) < 4.78 is 5.09. The van der Waals surface area contributed by atoms with Crippen LogP contribution >= 0.6 is 11.6 Å². The zero-order valence-electron chi connectivity index (χ0n) is 15.3. The van der Waals surface area contributed by atoms with Crippen LogP contribution in [0.5, 0.6) is 0 Å². The summed E-state index contributed by atoms with van der Waals surface area (Å²) in [6.07, 6.45) is 0. The maximum Gasteiger partial charge on any atom is 0.335 e. The third kappa shape index (κ3) is 3.17. The molecule has 1 heterocycles. The van der Waals surface area contributed by atoms with Crippen LogP contribution in [0, 0.1) is 12.3 Å². The predicted octanol–water partition coefficient (Wildman–Crippen LogP) is 3.67. The van der Waals surface area contributed by atoms with Crippen molar-refractivity contribution in [3.8, 4) is 0 Å². The van der Waals surface area contributed by atoms with Gasteiger partial charge in [-0.3, -0.25) is 4.79 Å². The van der Waals surface area contributed by atoms with Crippen molar-refractivity contribution in [1.29, 1.82) is 0 Å². The molecule has 0 fully saturated rings. The summed E-state index contributed by atoms with van der Waals surface area (Å²) in [4.78, 5) is 25.0. The quantitative estimate of drug-likeness (QED) is 0.818. The minimum atomic E-state index is -1.24. The van der Waals surface area contributed by atoms with Crippen LogP contribution in [0.3, 0.4) is 0 Å². The number of benzene rings is 2. The lowest BCUT2D eigenvalue weighted by molar-refractivity contribution is -0.149. The highest BCUT2D eigenvalue weighted by Crippen LogP contribution is 2.47. The van der Waals surface area contributed by atoms with Gasteiger partial charge in [0.15, 0.2) is 0 Å². The molecule has 2 N–H and O–H groups in total. The van der Waals surface area contributed by atoms with Crippen molar-refractivity contribution in [1.82, 2.24) is 5.01 Å². The first-order chi connectivity index (χ1) is 12.8. The number of primary amides is 1. The smallest absolute Gasteiger partial charge is 0.335 e. The highest BCUT2D eigenvalue weighted by atomic mass is 35.5. The Hall–Kier alpha value is -2.86. The maximum atomic E-state index is 12.9. The molecule has 140 valence electrons. The van der Waals surface area contributed by atoms with E-state index in [1.807, 2.05) is 31.2 Å². The fourth-order valence-corrected chi connectivity index (χ4v) is 3.55. The van der Waals surface area contributed by atoms with Gasteiger partial charge in [0, 0.05) is 5.02 Å². The molecule has 0 aromatic heterocycles. The molecule has 0 aliphatic carbocycles. The summed E-state index contributed by atoms with van der Waals surface area (Å²) in [6.45, 7) is 3.67. The third-order valence-electron chi connectivity index (χ3n) is 4.84. The number of hydrogen-bond acceptors (Lipinski definition) is 4. The molecule has 0 spiro atoms. The van der Waals surface area contributed by atoms with E-state index >= 15 is 0 Å². The van der Waals surface area contributed by atoms with Crippen molar-refractivity contribution in [2.45, 2.75) is 19.9 Å². The lowest BCUT2D eigenvalue weighted by Gasteiger charge is -2.32. The van der Waals surface area contributed by atoms with Gasteiger partial charge in [0.1, 0.15) is 11.5 Å². The van der Waals surface area contributed by atoms with Crippen LogP contribution in [0.25, 0.3) is 0 Å². The first-order valence-corrected chi connectivity index (χ1v) is 8.75. The van der Waals surface area contributed by atoms with Crippen molar-refractivity contribution in [3.05, 3.63) is 70.2 Å². The molecular weight excluding hydrogens is 366 g/mol. The average molecular weight is 386 g/mol. The van der Waals surface area contributed by atoms with E-state index in [9.17, 15) is 9.59 Å². The number of methoxy groups -OCH3 is 1. The first-order valence-electron chi connectivity index (χ1n) is 8.37. The van der Waals surface area contributed by atoms with Crippen LogP contribution < -0.4 is 5.73 Å². The predicted molar refractivity (Wildman–Crippen MR) is 103 cm³/mol. The Kier molecular flexibility index (Phi) is 4.93. The standard InChI is InChI=1S/C20H20ClN3O3/c1-12-4-6-13(7-5-12)16-20(2,18(25)27-3)17(24(23-16)19(22)26)14-8-10-15(21)11-9-14/h4-11,17H,1-3H3,(H2,22,26). The molecule has 1 aliphatic heterocycles. The molecule has 27 heavy (non-hydrogen) atoms. The monoisotopic (exact) mass is 385 g/mol. The number of hydrogen-bond donors (Lipinski definition) is 1. The van der Waals surface area contributed by atoms with E-state index in [0.717, 1.165) is 16.1 Å². The normalized spacial score (nSPS) is 21.7. The molecule has 2 unspecified atom stereocenters. The van der Waals surface area contributed by atoms with Crippen molar-refractivity contribution in [2.24, 2.45) is 16.3 Å². The highest BCUT2D eigenvalue weighted by molar-refractivity contribution is 6.30. The number of halogens is 1. The summed E-state index contributed by atoms with van der Waals surface area (Å²) in [5.74, 6) is -0.509. The van der Waals surface area contributed by atoms with E-state index in [1.165, 1.54) is 7.11 Å². The van der Waals surface area contributed by atoms with Crippen LogP contribution in [-0.2, 0) is 9.53 Å². The summed E-state index contributed by atoms with van der Waals surface area (Å²) in [5.41, 5.74) is 7.23. The number of ether oxygens (including phenoxy) is 1. The van der Waals surface area contributed by atoms with Crippen molar-refractivity contribution >= 4 is 29.3 Å². The third-order valence-corrected chi connectivity index (χ3v) is 5.09. The molecule has 0 radical (unpaired) electrons. The molecule has 0 saturated heterocycles. The molecule has 1 aliphatic rings. The van der Waals surface area contributed by atoms with E-state index in [4.69, 9.17) is 22.1 Å². The van der Waals surface area contributed by atoms with E-state index in [-0.39, 0.29) is 0 Å². The number of rotatable bonds is 3. The van der Waals surface area contributed by atoms with Gasteiger partial charge in [-0.25, -0.2) is 9.80 Å². The fourth-order valence-electron chi connectivity index (χ4n) is 3.43. The van der Waals surface area contributed by atoms with Crippen LogP contribution in [0.4, 0.5) is 4.79 Å². The molecule has 6 nitrogen and oxygen atoms in total. The Morgan fingerprint density at radius 1 is 1.15 bits per heavy atom. The topological polar surface area (TPSA) is 85.0 Å². The second kappa shape index (κ2) is 7.04. The van der Waals surface area contributed by atoms with E-state index in [0.29, 0.717) is 16.3 Å². The zero-order chi connectivity index (χ0) is 19.8. The highest BCUT2D eigenvalue weighted by Gasteiger charge is 2.56. The summed E-state index contributed by atoms with van der Waals surface area (Å²) in [6, 6.07) is 12.9. The van der Waals surface area contributed by atoms with Crippen molar-refractivity contribution in [3.63, 3.8) is 0 Å². The summed E-state index contributed by atoms with van der Waals surface area (Å²) in [5, 5.41) is 6.11. The number of carbonyl (C=O) groups excluding carboxylic acids is 2. The number of esters is 1. The van der Waals surface area contributed by atoms with Crippen molar-refractivity contribution < 1.29 is 14.3 Å². The van der Waals surface area contributed by atoms with Crippen molar-refractivity contribution in [2.75, 3.05) is 7.11 Å². The second-order valence-electron chi connectivity index (χ2n) is 6.65. The first kappa shape index (κ1) is 18.9. The number of carbonyl (C=O) groups is 2. The molecule has 2 aromatic carbocycles. The number of nitrogens with two attached hydrogens (primary N) is 1. The number of hydrazone groups is 1. The average Bonchev–Trinajstić information content (AvgIpc) is 2.97. The van der Waals surface area contributed by atoms with Gasteiger partial charge in [-0.05, 0) is 37.1 Å². The van der Waals surface area contributed by atoms with Gasteiger partial charge in [0.25, 0.3) is 0 Å². The van der Waals surface area contributed by atoms with E-state index in [1.54, 1.807) is 31.2 Å². The van der Waals surface area contributed by atoms with E-state index < -0.39 is 23.5 Å². The van der Waals surface area contributed by atoms with Gasteiger partial charge in [-0.15, -0.1) is 0 Å². The van der Waals surface area contributed by atoms with Crippen LogP contribution in [0.15, 0.2) is 53.6 Å². The summed E-state index contributed by atoms with van der Waals surface area (Å²) >= 11 is 5.99. The minimum absolute atomic E-state index is 0.424. The molecule has 3 rings (SSSR count). The number of aryl methyl sites for hydroxylation is 1. The molecule has 2 amide bonds. The van der Waals surface area contributed by atoms with Crippen LogP contribution in [0.2, 0.25) is 5.02 Å². The Morgan fingerprint density at radius 2 is 1.74 bits per heavy atom. The Morgan fingerprint density at radius 3 is 2.26 bits per heavy atom. The Labute approximate surface area is 162 Å². The summed E-state index contributed by atoms with van der Waals surface area (Å²) in [7, 11) is 1.31. The lowest BCUT2D eigenvalue weighted by atomic mass is 9.73. The molecule has 2 aromatic rings. The molecule has 7 heteroatoms. The van der Waals surface area contributed by atoms with Gasteiger partial charge in [0.2, 0.25) is 0 Å². The molecule has 0 saturated carbocycles. The Bertz CT molecular complexity index is 909. The molecule has 0 bridgehead atoms. The van der Waals surface area contributed by atoms with Gasteiger partial charge in [0.05, 0.1) is 12.8 Å². The lowest BCUT2D eigenvalue weighted by Crippen LogP contribution is -2.45. The maximum absolute atomic E-state index is 12.9. The SMILES string of the molecule is COC(=O)C1(C)C(c2ccc(C)cc2)=NN(C(N)=O)C1c1ccc(Cl)cc1. The Balaban J connectivity index is 2.21. The van der Waals surface area contributed by atoms with Gasteiger partial charge < -0.3 is 10.5 Å². The fraction of sp³-hybridized carbons (Fsp3) is 0.250. The second-order valence-corrected chi connectivity index (χ2v) is 7.08. The van der Waals surface area contributed by atoms with Crippen LogP contribution in [0.1, 0.15) is 29.7 Å². The number of urea groups is 1. The van der Waals surface area contributed by atoms with Gasteiger partial charge in [-0.1, -0.05) is 53.6 Å². The van der Waals surface area contributed by atoms with Gasteiger partial charge in [-0.2, -0.15) is 5.10 Å². The number of amides is 2.